The van der Waals surface area contributed by atoms with Crippen LogP contribution in [0.25, 0.3) is 6.20 Å². The highest BCUT2D eigenvalue weighted by Gasteiger charge is 2.26. The van der Waals surface area contributed by atoms with Crippen LogP contribution in [-0.2, 0) is 5.41 Å². The van der Waals surface area contributed by atoms with Gasteiger partial charge in [-0.05, 0) is 0 Å². The smallest absolute Gasteiger partial charge is 0.204 e. The predicted molar refractivity (Wildman–Crippen MR) is 53.0 cm³/mol. The zero-order chi connectivity index (χ0) is 10.3. The average Bonchev–Trinajstić information content (AvgIpc) is 2.47. The number of fused-ring (bicyclic) bond motifs is 1. The molecule has 0 aliphatic carbocycles. The first kappa shape index (κ1) is 9.12. The zero-order valence-corrected chi connectivity index (χ0v) is 8.61. The summed E-state index contributed by atoms with van der Waals surface area (Å²) in [5.74, 6) is 1.32. The molecule has 0 atom stereocenters. The summed E-state index contributed by atoms with van der Waals surface area (Å²) in [5.41, 5.74) is -0.0901. The molecule has 0 saturated carbocycles. The summed E-state index contributed by atoms with van der Waals surface area (Å²) >= 11 is 0. The number of hydrogen-bond donors (Lipinski definition) is 0. The molecule has 1 aromatic rings. The molecule has 0 fully saturated rings. The van der Waals surface area contributed by atoms with Crippen LogP contribution in [0.4, 0.5) is 0 Å². The Morgan fingerprint density at radius 2 is 2.07 bits per heavy atom. The molecule has 74 valence electrons. The Hall–Kier alpha value is -1.45. The lowest BCUT2D eigenvalue weighted by atomic mass is 9.95. The number of rotatable bonds is 0. The van der Waals surface area contributed by atoms with Gasteiger partial charge in [-0.15, -0.1) is 10.2 Å². The fourth-order valence-corrected chi connectivity index (χ4v) is 1.49. The van der Waals surface area contributed by atoms with Crippen LogP contribution in [0.1, 0.15) is 43.6 Å². The molecule has 0 amide bonds. The second kappa shape index (κ2) is 2.77. The molecule has 0 spiro atoms. The molecule has 0 saturated heterocycles. The van der Waals surface area contributed by atoms with Crippen molar-refractivity contribution >= 4 is 12.0 Å². The van der Waals surface area contributed by atoms with Crippen molar-refractivity contribution in [3.05, 3.63) is 17.7 Å². The van der Waals surface area contributed by atoms with Gasteiger partial charge in [0.2, 0.25) is 11.6 Å². The summed E-state index contributed by atoms with van der Waals surface area (Å²) in [6.07, 6.45) is 4.15. The summed E-state index contributed by atoms with van der Waals surface area (Å²) in [7, 11) is 0. The van der Waals surface area contributed by atoms with Gasteiger partial charge in [0.1, 0.15) is 5.82 Å². The molecule has 1 aliphatic heterocycles. The zero-order valence-electron chi connectivity index (χ0n) is 8.61. The lowest BCUT2D eigenvalue weighted by Gasteiger charge is -2.18. The molecule has 0 N–H and O–H groups in total. The van der Waals surface area contributed by atoms with Gasteiger partial charge in [-0.2, -0.15) is 0 Å². The fourth-order valence-electron chi connectivity index (χ4n) is 1.49. The van der Waals surface area contributed by atoms with Gasteiger partial charge in [-0.1, -0.05) is 26.8 Å². The van der Waals surface area contributed by atoms with Crippen LogP contribution in [0.15, 0.2) is 6.08 Å². The van der Waals surface area contributed by atoms with Crippen molar-refractivity contribution in [2.75, 3.05) is 0 Å². The van der Waals surface area contributed by atoms with Crippen LogP contribution < -0.4 is 0 Å². The van der Waals surface area contributed by atoms with E-state index in [0.29, 0.717) is 12.2 Å². The number of Topliss-reactive ketones (excluding diaryl/α,β-unsaturated/α-hetero) is 1. The fraction of sp³-hybridized carbons (Fsp3) is 0.500. The van der Waals surface area contributed by atoms with E-state index in [0.717, 1.165) is 5.82 Å². The summed E-state index contributed by atoms with van der Waals surface area (Å²) in [5, 5.41) is 7.98. The van der Waals surface area contributed by atoms with Crippen molar-refractivity contribution in [3.63, 3.8) is 0 Å². The lowest BCUT2D eigenvalue weighted by Crippen LogP contribution is -2.20. The number of allylic oxidation sites excluding steroid dienone is 1. The summed E-state index contributed by atoms with van der Waals surface area (Å²) in [6.45, 7) is 6.16. The van der Waals surface area contributed by atoms with E-state index in [-0.39, 0.29) is 11.2 Å². The van der Waals surface area contributed by atoms with Gasteiger partial charge in [-0.25, -0.2) is 0 Å². The van der Waals surface area contributed by atoms with Gasteiger partial charge in [0.25, 0.3) is 0 Å². The number of aromatic nitrogens is 3. The van der Waals surface area contributed by atoms with E-state index >= 15 is 0 Å². The van der Waals surface area contributed by atoms with Gasteiger partial charge in [0.15, 0.2) is 0 Å². The van der Waals surface area contributed by atoms with Gasteiger partial charge < -0.3 is 0 Å². The van der Waals surface area contributed by atoms with E-state index in [4.69, 9.17) is 0 Å². The molecular formula is C10H13N3O. The SMILES string of the molecule is CC(C)(C)c1nnc2n1C=CCC2=O. The molecule has 14 heavy (non-hydrogen) atoms. The summed E-state index contributed by atoms with van der Waals surface area (Å²) in [6, 6.07) is 0. The van der Waals surface area contributed by atoms with Crippen molar-refractivity contribution in [1.82, 2.24) is 14.8 Å². The molecule has 0 radical (unpaired) electrons. The Morgan fingerprint density at radius 1 is 1.36 bits per heavy atom. The standard InChI is InChI=1S/C10H13N3O/c1-10(2,3)9-12-11-8-7(14)5-4-6-13(8)9/h4,6H,5H2,1-3H3. The molecular weight excluding hydrogens is 178 g/mol. The maximum atomic E-state index is 11.5. The third-order valence-corrected chi connectivity index (χ3v) is 2.17. The van der Waals surface area contributed by atoms with E-state index < -0.39 is 0 Å². The van der Waals surface area contributed by atoms with E-state index in [1.807, 2.05) is 12.3 Å². The Morgan fingerprint density at radius 3 is 2.71 bits per heavy atom. The van der Waals surface area contributed by atoms with Crippen LogP contribution in [0.2, 0.25) is 0 Å². The Bertz CT molecular complexity index is 409. The van der Waals surface area contributed by atoms with Crippen molar-refractivity contribution in [2.24, 2.45) is 0 Å². The minimum atomic E-state index is -0.0901. The highest BCUT2D eigenvalue weighted by atomic mass is 16.1. The quantitative estimate of drug-likeness (QED) is 0.626. The van der Waals surface area contributed by atoms with Crippen molar-refractivity contribution in [2.45, 2.75) is 32.6 Å². The maximum absolute atomic E-state index is 11.5. The molecule has 2 rings (SSSR count). The van der Waals surface area contributed by atoms with E-state index in [1.165, 1.54) is 0 Å². The highest BCUT2D eigenvalue weighted by Crippen LogP contribution is 2.23. The maximum Gasteiger partial charge on any atom is 0.204 e. The average molecular weight is 191 g/mol. The largest absolute Gasteiger partial charge is 0.290 e. The molecule has 4 heteroatoms. The Labute approximate surface area is 82.6 Å². The highest BCUT2D eigenvalue weighted by molar-refractivity contribution is 5.96. The lowest BCUT2D eigenvalue weighted by molar-refractivity contribution is 0.0982. The molecule has 4 nitrogen and oxygen atoms in total. The van der Waals surface area contributed by atoms with Crippen molar-refractivity contribution < 1.29 is 4.79 Å². The number of carbonyl (C=O) groups is 1. The molecule has 0 aromatic carbocycles. The Kier molecular flexibility index (Phi) is 1.80. The van der Waals surface area contributed by atoms with E-state index in [9.17, 15) is 4.79 Å². The summed E-state index contributed by atoms with van der Waals surface area (Å²) in [4.78, 5) is 11.5. The predicted octanol–water partition coefficient (Wildman–Crippen LogP) is 1.63. The molecule has 0 unspecified atom stereocenters. The first-order valence-electron chi connectivity index (χ1n) is 4.65. The van der Waals surface area contributed by atoms with E-state index in [2.05, 4.69) is 31.0 Å². The molecule has 1 aromatic heterocycles. The topological polar surface area (TPSA) is 47.8 Å². The van der Waals surface area contributed by atoms with Crippen LogP contribution >= 0.6 is 0 Å². The number of carbonyl (C=O) groups excluding carboxylic acids is 1. The van der Waals surface area contributed by atoms with Crippen molar-refractivity contribution in [3.8, 4) is 0 Å². The first-order valence-corrected chi connectivity index (χ1v) is 4.65. The van der Waals surface area contributed by atoms with Crippen LogP contribution in [0, 0.1) is 0 Å². The monoisotopic (exact) mass is 191 g/mol. The van der Waals surface area contributed by atoms with Crippen molar-refractivity contribution in [1.29, 1.82) is 0 Å². The normalized spacial score (nSPS) is 15.8. The molecule has 0 bridgehead atoms. The first-order chi connectivity index (χ1) is 6.50. The second-order valence-electron chi connectivity index (χ2n) is 4.48. The van der Waals surface area contributed by atoms with Gasteiger partial charge in [0.05, 0.1) is 0 Å². The van der Waals surface area contributed by atoms with Crippen LogP contribution in [0.3, 0.4) is 0 Å². The third kappa shape index (κ3) is 1.27. The van der Waals surface area contributed by atoms with Crippen LogP contribution in [0.5, 0.6) is 0 Å². The summed E-state index contributed by atoms with van der Waals surface area (Å²) < 4.78 is 1.78. The van der Waals surface area contributed by atoms with Gasteiger partial charge >= 0.3 is 0 Å². The van der Waals surface area contributed by atoms with E-state index in [1.54, 1.807) is 4.57 Å². The van der Waals surface area contributed by atoms with Gasteiger partial charge in [0, 0.05) is 18.0 Å². The van der Waals surface area contributed by atoms with Gasteiger partial charge in [-0.3, -0.25) is 9.36 Å². The minimum Gasteiger partial charge on any atom is -0.290 e. The number of nitrogens with zero attached hydrogens (tertiary/aromatic N) is 3. The number of hydrogen-bond acceptors (Lipinski definition) is 3. The second-order valence-corrected chi connectivity index (χ2v) is 4.48. The molecule has 1 aliphatic rings. The molecule has 2 heterocycles. The minimum absolute atomic E-state index is 0.0375. The number of ketones is 1. The van der Waals surface area contributed by atoms with Crippen LogP contribution in [-0.4, -0.2) is 20.5 Å². The third-order valence-electron chi connectivity index (χ3n) is 2.17. The Balaban J connectivity index is 2.59.